The minimum atomic E-state index is 0.675. The molecule has 0 saturated carbocycles. The van der Waals surface area contributed by atoms with E-state index in [1.807, 2.05) is 6.20 Å². The Morgan fingerprint density at radius 2 is 2.04 bits per heavy atom. The maximum Gasteiger partial charge on any atom is 0.194 e. The van der Waals surface area contributed by atoms with Crippen LogP contribution in [0.15, 0.2) is 23.3 Å². The summed E-state index contributed by atoms with van der Waals surface area (Å²) in [6.07, 6.45) is 1.99. The SMILES string of the molecule is CCNC(=NCc1ccc(N2CCN(C)CC2)nc1)N1CCSC(C(C)C)C1. The van der Waals surface area contributed by atoms with Crippen LogP contribution in [0.3, 0.4) is 0 Å². The van der Waals surface area contributed by atoms with Gasteiger partial charge in [0.05, 0.1) is 6.54 Å². The van der Waals surface area contributed by atoms with Gasteiger partial charge in [-0.1, -0.05) is 19.9 Å². The van der Waals surface area contributed by atoms with Gasteiger partial charge in [-0.3, -0.25) is 0 Å². The van der Waals surface area contributed by atoms with Gasteiger partial charge in [-0.25, -0.2) is 9.98 Å². The van der Waals surface area contributed by atoms with Crippen molar-refractivity contribution in [1.82, 2.24) is 20.1 Å². The summed E-state index contributed by atoms with van der Waals surface area (Å²) in [5, 5.41) is 4.17. The van der Waals surface area contributed by atoms with Crippen molar-refractivity contribution < 1.29 is 0 Å². The Hall–Kier alpha value is -1.47. The molecule has 0 radical (unpaired) electrons. The smallest absolute Gasteiger partial charge is 0.194 e. The van der Waals surface area contributed by atoms with Crippen molar-refractivity contribution >= 4 is 23.5 Å². The topological polar surface area (TPSA) is 47.0 Å². The number of rotatable bonds is 5. The summed E-state index contributed by atoms with van der Waals surface area (Å²) in [6.45, 7) is 14.8. The fourth-order valence-electron chi connectivity index (χ4n) is 3.60. The summed E-state index contributed by atoms with van der Waals surface area (Å²) < 4.78 is 0. The Labute approximate surface area is 174 Å². The van der Waals surface area contributed by atoms with Crippen molar-refractivity contribution in [3.05, 3.63) is 23.9 Å². The zero-order chi connectivity index (χ0) is 19.9. The zero-order valence-corrected chi connectivity index (χ0v) is 18.7. The van der Waals surface area contributed by atoms with Crippen molar-refractivity contribution in [1.29, 1.82) is 0 Å². The number of likely N-dealkylation sites (N-methyl/N-ethyl adjacent to an activating group) is 1. The molecule has 2 fully saturated rings. The van der Waals surface area contributed by atoms with Gasteiger partial charge in [0.15, 0.2) is 5.96 Å². The molecule has 1 aromatic rings. The molecule has 1 aromatic heterocycles. The number of pyridine rings is 1. The van der Waals surface area contributed by atoms with Crippen LogP contribution in [0.2, 0.25) is 0 Å². The number of guanidine groups is 1. The standard InChI is InChI=1S/C21H36N6S/c1-5-22-21(27-12-13-28-19(16-27)17(2)3)24-15-18-6-7-20(23-14-18)26-10-8-25(4)9-11-26/h6-7,14,17,19H,5,8-13,15-16H2,1-4H3,(H,22,24). The normalized spacial score (nSPS) is 22.0. The minimum absolute atomic E-state index is 0.675. The van der Waals surface area contributed by atoms with Crippen LogP contribution in [0.1, 0.15) is 26.3 Å². The fourth-order valence-corrected chi connectivity index (χ4v) is 4.89. The Bertz CT molecular complexity index is 624. The van der Waals surface area contributed by atoms with Gasteiger partial charge in [-0.2, -0.15) is 11.8 Å². The van der Waals surface area contributed by atoms with Gasteiger partial charge in [0.25, 0.3) is 0 Å². The van der Waals surface area contributed by atoms with Gasteiger partial charge in [0.2, 0.25) is 0 Å². The quantitative estimate of drug-likeness (QED) is 0.601. The number of nitrogens with zero attached hydrogens (tertiary/aromatic N) is 5. The van der Waals surface area contributed by atoms with Crippen molar-refractivity contribution in [2.24, 2.45) is 10.9 Å². The molecule has 6 nitrogen and oxygen atoms in total. The average molecular weight is 405 g/mol. The monoisotopic (exact) mass is 404 g/mol. The predicted molar refractivity (Wildman–Crippen MR) is 121 cm³/mol. The molecule has 0 aliphatic carbocycles. The molecule has 28 heavy (non-hydrogen) atoms. The summed E-state index contributed by atoms with van der Waals surface area (Å²) >= 11 is 2.10. The van der Waals surface area contributed by atoms with E-state index >= 15 is 0 Å². The van der Waals surface area contributed by atoms with Crippen molar-refractivity contribution in [2.45, 2.75) is 32.6 Å². The molecule has 0 spiro atoms. The summed E-state index contributed by atoms with van der Waals surface area (Å²) in [5.41, 5.74) is 1.17. The molecule has 3 rings (SSSR count). The molecule has 0 aromatic carbocycles. The van der Waals surface area contributed by atoms with Crippen molar-refractivity contribution in [3.8, 4) is 0 Å². The van der Waals surface area contributed by atoms with Crippen LogP contribution in [0.25, 0.3) is 0 Å². The molecule has 2 saturated heterocycles. The minimum Gasteiger partial charge on any atom is -0.357 e. The molecule has 1 atom stereocenters. The van der Waals surface area contributed by atoms with Crippen LogP contribution in [0, 0.1) is 5.92 Å². The van der Waals surface area contributed by atoms with Gasteiger partial charge >= 0.3 is 0 Å². The third kappa shape index (κ3) is 5.77. The van der Waals surface area contributed by atoms with E-state index in [9.17, 15) is 0 Å². The summed E-state index contributed by atoms with van der Waals surface area (Å²) in [6, 6.07) is 4.33. The number of aliphatic imine (C=N–C) groups is 1. The zero-order valence-electron chi connectivity index (χ0n) is 17.9. The van der Waals surface area contributed by atoms with Crippen LogP contribution in [0.5, 0.6) is 0 Å². The highest BCUT2D eigenvalue weighted by Gasteiger charge is 2.24. The number of nitrogens with one attached hydrogen (secondary N) is 1. The van der Waals surface area contributed by atoms with Gasteiger partial charge in [-0.15, -0.1) is 0 Å². The molecule has 2 aliphatic rings. The van der Waals surface area contributed by atoms with E-state index in [1.54, 1.807) is 0 Å². The molecule has 156 valence electrons. The average Bonchev–Trinajstić information content (AvgIpc) is 2.72. The first-order valence-corrected chi connectivity index (χ1v) is 11.6. The first kappa shape index (κ1) is 21.2. The maximum absolute atomic E-state index is 4.92. The second kappa shape index (κ2) is 10.3. The van der Waals surface area contributed by atoms with Crippen molar-refractivity contribution in [3.63, 3.8) is 0 Å². The van der Waals surface area contributed by atoms with Crippen LogP contribution < -0.4 is 10.2 Å². The number of hydrogen-bond donors (Lipinski definition) is 1. The Balaban J connectivity index is 1.61. The molecule has 7 heteroatoms. The number of thioether (sulfide) groups is 1. The van der Waals surface area contributed by atoms with E-state index in [4.69, 9.17) is 9.98 Å². The number of aromatic nitrogens is 1. The molecule has 1 N–H and O–H groups in total. The van der Waals surface area contributed by atoms with Crippen LogP contribution in [0.4, 0.5) is 5.82 Å². The Morgan fingerprint density at radius 1 is 1.25 bits per heavy atom. The van der Waals surface area contributed by atoms with Gasteiger partial charge in [0, 0.05) is 63.0 Å². The molecule has 2 aliphatic heterocycles. The first-order valence-electron chi connectivity index (χ1n) is 10.6. The maximum atomic E-state index is 4.92. The van der Waals surface area contributed by atoms with Gasteiger partial charge < -0.3 is 20.0 Å². The third-order valence-corrected chi connectivity index (χ3v) is 7.06. The van der Waals surface area contributed by atoms with E-state index in [0.717, 1.165) is 57.6 Å². The highest BCUT2D eigenvalue weighted by atomic mass is 32.2. The van der Waals surface area contributed by atoms with E-state index in [1.165, 1.54) is 11.3 Å². The van der Waals surface area contributed by atoms with Crippen LogP contribution in [-0.2, 0) is 6.54 Å². The molecular formula is C21H36N6S. The number of piperazine rings is 1. The van der Waals surface area contributed by atoms with E-state index in [2.05, 4.69) is 71.7 Å². The highest BCUT2D eigenvalue weighted by Crippen LogP contribution is 2.25. The largest absolute Gasteiger partial charge is 0.357 e. The lowest BCUT2D eigenvalue weighted by Crippen LogP contribution is -2.49. The van der Waals surface area contributed by atoms with Crippen LogP contribution in [-0.4, -0.2) is 84.6 Å². The molecule has 3 heterocycles. The lowest BCUT2D eigenvalue weighted by Gasteiger charge is -2.36. The lowest BCUT2D eigenvalue weighted by atomic mass is 10.1. The second-order valence-electron chi connectivity index (χ2n) is 8.08. The van der Waals surface area contributed by atoms with E-state index in [-0.39, 0.29) is 0 Å². The van der Waals surface area contributed by atoms with Gasteiger partial charge in [0.1, 0.15) is 5.82 Å². The molecule has 0 amide bonds. The van der Waals surface area contributed by atoms with E-state index < -0.39 is 0 Å². The fraction of sp³-hybridized carbons (Fsp3) is 0.714. The highest BCUT2D eigenvalue weighted by molar-refractivity contribution is 8.00. The summed E-state index contributed by atoms with van der Waals surface area (Å²) in [4.78, 5) is 16.8. The summed E-state index contributed by atoms with van der Waals surface area (Å²) in [5.74, 6) is 3.99. The van der Waals surface area contributed by atoms with Gasteiger partial charge in [-0.05, 0) is 31.5 Å². The second-order valence-corrected chi connectivity index (χ2v) is 9.43. The van der Waals surface area contributed by atoms with Crippen molar-refractivity contribution in [2.75, 3.05) is 63.5 Å². The lowest BCUT2D eigenvalue weighted by molar-refractivity contribution is 0.312. The Kier molecular flexibility index (Phi) is 7.85. The predicted octanol–water partition coefficient (Wildman–Crippen LogP) is 2.37. The number of anilines is 1. The molecule has 1 unspecified atom stereocenters. The van der Waals surface area contributed by atoms with E-state index in [0.29, 0.717) is 17.7 Å². The molecule has 0 bridgehead atoms. The van der Waals surface area contributed by atoms with Crippen LogP contribution >= 0.6 is 11.8 Å². The Morgan fingerprint density at radius 3 is 2.68 bits per heavy atom. The summed E-state index contributed by atoms with van der Waals surface area (Å²) in [7, 11) is 2.18. The molecular weight excluding hydrogens is 368 g/mol. The first-order chi connectivity index (χ1) is 13.6. The number of hydrogen-bond acceptors (Lipinski definition) is 5. The third-order valence-electron chi connectivity index (χ3n) is 5.52.